The van der Waals surface area contributed by atoms with E-state index >= 15 is 0 Å². The number of nitrogens with zero attached hydrogens (tertiary/aromatic N) is 1. The van der Waals surface area contributed by atoms with Crippen LogP contribution >= 0.6 is 0 Å². The summed E-state index contributed by atoms with van der Waals surface area (Å²) in [6.45, 7) is 1.56. The van der Waals surface area contributed by atoms with Gasteiger partial charge in [-0.3, -0.25) is 9.79 Å². The molecule has 2 aromatic rings. The van der Waals surface area contributed by atoms with E-state index in [-0.39, 0.29) is 5.78 Å². The molecule has 0 saturated heterocycles. The SMILES string of the molecule is CC(=O)c1cccc(N=C/C=C2/C=C(c3ccccc3)OC3(CCCCC3)O2)c1. The summed E-state index contributed by atoms with van der Waals surface area (Å²) in [7, 11) is 0. The molecule has 0 unspecified atom stereocenters. The molecule has 1 aliphatic heterocycles. The van der Waals surface area contributed by atoms with E-state index in [4.69, 9.17) is 9.47 Å². The number of carbonyl (C=O) groups is 1. The third-order valence-corrected chi connectivity index (χ3v) is 5.26. The smallest absolute Gasteiger partial charge is 0.251 e. The first-order chi connectivity index (χ1) is 14.1. The summed E-state index contributed by atoms with van der Waals surface area (Å²) in [5.41, 5.74) is 2.43. The third-order valence-electron chi connectivity index (χ3n) is 5.26. The fourth-order valence-electron chi connectivity index (χ4n) is 3.75. The summed E-state index contributed by atoms with van der Waals surface area (Å²) < 4.78 is 12.6. The third kappa shape index (κ3) is 4.65. The molecule has 4 heteroatoms. The molecule has 2 aliphatic rings. The van der Waals surface area contributed by atoms with Crippen molar-refractivity contribution >= 4 is 23.4 Å². The highest BCUT2D eigenvalue weighted by Crippen LogP contribution is 2.41. The van der Waals surface area contributed by atoms with Crippen molar-refractivity contribution in [1.29, 1.82) is 0 Å². The number of ether oxygens (including phenoxy) is 2. The molecule has 1 fully saturated rings. The van der Waals surface area contributed by atoms with Crippen LogP contribution in [0.3, 0.4) is 0 Å². The maximum atomic E-state index is 11.6. The molecular formula is C25H25NO3. The van der Waals surface area contributed by atoms with Gasteiger partial charge < -0.3 is 9.47 Å². The molecule has 0 amide bonds. The van der Waals surface area contributed by atoms with Crippen molar-refractivity contribution in [2.45, 2.75) is 44.8 Å². The standard InChI is InChI=1S/C25H25NO3/c1-19(27)21-11-8-12-22(17-21)26-16-13-23-18-24(20-9-4-2-5-10-20)29-25(28-23)14-6-3-7-15-25/h2,4-5,8-13,16-18H,3,6-7,14-15H2,1H3/b23-13-,26-16?. The zero-order valence-corrected chi connectivity index (χ0v) is 16.6. The van der Waals surface area contributed by atoms with Gasteiger partial charge in [0.25, 0.3) is 5.79 Å². The Labute approximate surface area is 171 Å². The molecule has 29 heavy (non-hydrogen) atoms. The van der Waals surface area contributed by atoms with Gasteiger partial charge in [-0.15, -0.1) is 0 Å². The van der Waals surface area contributed by atoms with Crippen molar-refractivity contribution in [2.75, 3.05) is 0 Å². The molecule has 1 aliphatic carbocycles. The van der Waals surface area contributed by atoms with Gasteiger partial charge in [0.1, 0.15) is 11.5 Å². The van der Waals surface area contributed by atoms with Gasteiger partial charge in [-0.2, -0.15) is 0 Å². The largest absolute Gasteiger partial charge is 0.452 e. The lowest BCUT2D eigenvalue weighted by Crippen LogP contribution is -2.39. The summed E-state index contributed by atoms with van der Waals surface area (Å²) in [5.74, 6) is 1.01. The Hall–Kier alpha value is -3.14. The van der Waals surface area contributed by atoms with E-state index in [1.807, 2.05) is 54.6 Å². The molecule has 1 spiro atoms. The Balaban J connectivity index is 1.61. The summed E-state index contributed by atoms with van der Waals surface area (Å²) in [4.78, 5) is 16.0. The molecule has 0 bridgehead atoms. The lowest BCUT2D eigenvalue weighted by molar-refractivity contribution is -0.196. The summed E-state index contributed by atoms with van der Waals surface area (Å²) in [5, 5.41) is 0. The van der Waals surface area contributed by atoms with E-state index in [1.165, 1.54) is 6.42 Å². The Morgan fingerprint density at radius 3 is 2.55 bits per heavy atom. The topological polar surface area (TPSA) is 47.9 Å². The van der Waals surface area contributed by atoms with Crippen LogP contribution in [0.2, 0.25) is 0 Å². The van der Waals surface area contributed by atoms with Crippen molar-refractivity contribution in [3.63, 3.8) is 0 Å². The number of rotatable bonds is 4. The fraction of sp³-hybridized carbons (Fsp3) is 0.280. The maximum absolute atomic E-state index is 11.6. The maximum Gasteiger partial charge on any atom is 0.251 e. The summed E-state index contributed by atoms with van der Waals surface area (Å²) in [6.07, 6.45) is 10.7. The lowest BCUT2D eigenvalue weighted by atomic mass is 9.93. The number of hydrogen-bond acceptors (Lipinski definition) is 4. The molecule has 1 saturated carbocycles. The van der Waals surface area contributed by atoms with Gasteiger partial charge in [0.05, 0.1) is 5.69 Å². The van der Waals surface area contributed by atoms with Gasteiger partial charge in [-0.05, 0) is 38.0 Å². The lowest BCUT2D eigenvalue weighted by Gasteiger charge is -2.41. The Bertz CT molecular complexity index is 967. The molecule has 2 aromatic carbocycles. The van der Waals surface area contributed by atoms with Gasteiger partial charge in [0, 0.05) is 36.3 Å². The van der Waals surface area contributed by atoms with Gasteiger partial charge in [0.15, 0.2) is 5.78 Å². The molecule has 1 heterocycles. The van der Waals surface area contributed by atoms with Gasteiger partial charge in [-0.1, -0.05) is 48.9 Å². The number of hydrogen-bond donors (Lipinski definition) is 0. The van der Waals surface area contributed by atoms with E-state index in [9.17, 15) is 4.79 Å². The number of carbonyl (C=O) groups excluding carboxylic acids is 1. The van der Waals surface area contributed by atoms with E-state index in [1.54, 1.807) is 25.3 Å². The minimum Gasteiger partial charge on any atom is -0.452 e. The van der Waals surface area contributed by atoms with Crippen LogP contribution in [0, 0.1) is 0 Å². The molecule has 0 aromatic heterocycles. The second-order valence-corrected chi connectivity index (χ2v) is 7.50. The number of allylic oxidation sites excluding steroid dienone is 2. The molecular weight excluding hydrogens is 362 g/mol. The van der Waals surface area contributed by atoms with Crippen molar-refractivity contribution < 1.29 is 14.3 Å². The first-order valence-electron chi connectivity index (χ1n) is 10.1. The van der Waals surface area contributed by atoms with Crippen LogP contribution in [0.25, 0.3) is 5.76 Å². The molecule has 0 atom stereocenters. The van der Waals surface area contributed by atoms with Crippen LogP contribution in [-0.4, -0.2) is 17.8 Å². The van der Waals surface area contributed by atoms with E-state index in [2.05, 4.69) is 4.99 Å². The molecule has 0 radical (unpaired) electrons. The van der Waals surface area contributed by atoms with Gasteiger partial charge >= 0.3 is 0 Å². The molecule has 4 nitrogen and oxygen atoms in total. The van der Waals surface area contributed by atoms with Crippen molar-refractivity contribution in [2.24, 2.45) is 4.99 Å². The van der Waals surface area contributed by atoms with Gasteiger partial charge in [0.2, 0.25) is 0 Å². The molecule has 4 rings (SSSR count). The van der Waals surface area contributed by atoms with Crippen LogP contribution in [0.1, 0.15) is 54.9 Å². The van der Waals surface area contributed by atoms with Crippen molar-refractivity contribution in [1.82, 2.24) is 0 Å². The van der Waals surface area contributed by atoms with Crippen LogP contribution in [0.4, 0.5) is 5.69 Å². The Kier molecular flexibility index (Phi) is 5.61. The summed E-state index contributed by atoms with van der Waals surface area (Å²) in [6, 6.07) is 17.4. The highest BCUT2D eigenvalue weighted by atomic mass is 16.7. The quantitative estimate of drug-likeness (QED) is 0.462. The minimum atomic E-state index is -0.591. The van der Waals surface area contributed by atoms with Crippen molar-refractivity contribution in [3.8, 4) is 0 Å². The molecule has 148 valence electrons. The number of aliphatic imine (C=N–C) groups is 1. The Morgan fingerprint density at radius 2 is 1.79 bits per heavy atom. The van der Waals surface area contributed by atoms with Gasteiger partial charge in [-0.25, -0.2) is 0 Å². The number of Topliss-reactive ketones (excluding diaryl/α,β-unsaturated/α-hetero) is 1. The molecule has 0 N–H and O–H groups in total. The van der Waals surface area contributed by atoms with E-state index < -0.39 is 5.79 Å². The first kappa shape index (κ1) is 19.2. The average molecular weight is 387 g/mol. The van der Waals surface area contributed by atoms with Crippen LogP contribution in [-0.2, 0) is 9.47 Å². The number of benzene rings is 2. The second kappa shape index (κ2) is 8.48. The normalized spacial score (nSPS) is 19.6. The van der Waals surface area contributed by atoms with Crippen LogP contribution in [0.15, 0.2) is 77.5 Å². The van der Waals surface area contributed by atoms with Crippen LogP contribution in [0.5, 0.6) is 0 Å². The second-order valence-electron chi connectivity index (χ2n) is 7.50. The highest BCUT2D eigenvalue weighted by Gasteiger charge is 2.40. The highest BCUT2D eigenvalue weighted by molar-refractivity contribution is 5.95. The fourth-order valence-corrected chi connectivity index (χ4v) is 3.75. The monoisotopic (exact) mass is 387 g/mol. The van der Waals surface area contributed by atoms with E-state index in [0.717, 1.165) is 48.5 Å². The minimum absolute atomic E-state index is 0.0304. The predicted octanol–water partition coefficient (Wildman–Crippen LogP) is 6.22. The Morgan fingerprint density at radius 1 is 1.00 bits per heavy atom. The zero-order chi connectivity index (χ0) is 20.1. The predicted molar refractivity (Wildman–Crippen MR) is 115 cm³/mol. The van der Waals surface area contributed by atoms with Crippen molar-refractivity contribution in [3.05, 3.63) is 83.6 Å². The summed E-state index contributed by atoms with van der Waals surface area (Å²) >= 11 is 0. The van der Waals surface area contributed by atoms with E-state index in [0.29, 0.717) is 5.56 Å². The van der Waals surface area contributed by atoms with Crippen LogP contribution < -0.4 is 0 Å². The first-order valence-corrected chi connectivity index (χ1v) is 10.1. The number of ketones is 1. The average Bonchev–Trinajstić information content (AvgIpc) is 2.75. The zero-order valence-electron chi connectivity index (χ0n) is 16.6.